The van der Waals surface area contributed by atoms with Gasteiger partial charge in [0.15, 0.2) is 6.10 Å². The molecule has 0 amide bonds. The molecule has 1 aliphatic heterocycles. The summed E-state index contributed by atoms with van der Waals surface area (Å²) in [5, 5.41) is 0.834. The first kappa shape index (κ1) is 25.0. The highest BCUT2D eigenvalue weighted by atomic mass is 35.5. The van der Waals surface area contributed by atoms with Crippen molar-refractivity contribution in [3.8, 4) is 0 Å². The molecule has 30 heavy (non-hydrogen) atoms. The van der Waals surface area contributed by atoms with E-state index in [9.17, 15) is 14.4 Å². The van der Waals surface area contributed by atoms with E-state index in [4.69, 9.17) is 59.5 Å². The van der Waals surface area contributed by atoms with Crippen LogP contribution in [0.15, 0.2) is 17.0 Å². The number of thioether (sulfide) groups is 1. The van der Waals surface area contributed by atoms with E-state index in [1.165, 1.54) is 32.9 Å². The van der Waals surface area contributed by atoms with Gasteiger partial charge in [-0.3, -0.25) is 14.4 Å². The summed E-state index contributed by atoms with van der Waals surface area (Å²) in [7, 11) is 0. The molecule has 0 radical (unpaired) electrons. The van der Waals surface area contributed by atoms with Crippen molar-refractivity contribution in [1.82, 2.24) is 0 Å². The number of carbonyl (C=O) groups is 3. The Morgan fingerprint density at radius 3 is 2.10 bits per heavy atom. The van der Waals surface area contributed by atoms with E-state index in [0.717, 1.165) is 11.8 Å². The fourth-order valence-electron chi connectivity index (χ4n) is 2.76. The Kier molecular flexibility index (Phi) is 9.08. The third-order valence-corrected chi connectivity index (χ3v) is 6.33. The quantitative estimate of drug-likeness (QED) is 0.357. The van der Waals surface area contributed by atoms with Gasteiger partial charge in [-0.25, -0.2) is 0 Å². The summed E-state index contributed by atoms with van der Waals surface area (Å²) in [6.45, 7) is 3.42. The highest BCUT2D eigenvalue weighted by Crippen LogP contribution is 2.41. The molecule has 1 fully saturated rings. The van der Waals surface area contributed by atoms with Gasteiger partial charge in [0.25, 0.3) is 0 Å². The van der Waals surface area contributed by atoms with Gasteiger partial charge >= 0.3 is 17.9 Å². The molecule has 0 saturated carbocycles. The average Bonchev–Trinajstić information content (AvgIpc) is 2.62. The van der Waals surface area contributed by atoms with Crippen LogP contribution < -0.4 is 5.73 Å². The van der Waals surface area contributed by atoms with Crippen LogP contribution >= 0.6 is 46.6 Å². The topological polar surface area (TPSA) is 114 Å². The molecule has 2 N–H and O–H groups in total. The van der Waals surface area contributed by atoms with Gasteiger partial charge in [0.05, 0.1) is 21.1 Å². The van der Waals surface area contributed by atoms with Crippen molar-refractivity contribution in [2.24, 2.45) is 5.73 Å². The zero-order valence-corrected chi connectivity index (χ0v) is 19.3. The number of carbonyl (C=O) groups excluding carboxylic acids is 3. The van der Waals surface area contributed by atoms with Gasteiger partial charge in [-0.15, -0.1) is 0 Å². The molecular weight excluding hydrogens is 481 g/mol. The molecule has 166 valence electrons. The van der Waals surface area contributed by atoms with Crippen LogP contribution in [0, 0.1) is 0 Å². The van der Waals surface area contributed by atoms with Crippen molar-refractivity contribution in [2.75, 3.05) is 6.61 Å². The molecule has 1 aromatic rings. The molecule has 8 nitrogen and oxygen atoms in total. The second-order valence-corrected chi connectivity index (χ2v) is 8.75. The molecule has 12 heteroatoms. The number of rotatable bonds is 6. The van der Waals surface area contributed by atoms with Crippen LogP contribution in [0.5, 0.6) is 0 Å². The normalized spacial score (nSPS) is 26.0. The van der Waals surface area contributed by atoms with Crippen molar-refractivity contribution < 1.29 is 33.3 Å². The molecule has 5 atom stereocenters. The smallest absolute Gasteiger partial charge is 0.303 e. The van der Waals surface area contributed by atoms with Gasteiger partial charge in [-0.2, -0.15) is 0 Å². The third-order valence-electron chi connectivity index (χ3n) is 3.98. The molecule has 0 spiro atoms. The standard InChI is InChI=1S/C18H20Cl3NO7S/c1-7(23)26-6-13-16(27-8(2)24)15(22)17(28-9(3)25)18(29-13)30-14-5-11(20)10(19)4-12(14)21/h4-5,13,15-18H,6,22H2,1-3H3. The summed E-state index contributed by atoms with van der Waals surface area (Å²) in [6, 6.07) is 2.04. The van der Waals surface area contributed by atoms with E-state index in [-0.39, 0.29) is 16.7 Å². The molecule has 0 bridgehead atoms. The number of benzene rings is 1. The lowest BCUT2D eigenvalue weighted by Crippen LogP contribution is -2.63. The van der Waals surface area contributed by atoms with Gasteiger partial charge in [-0.1, -0.05) is 46.6 Å². The number of nitrogens with two attached hydrogens (primary N) is 1. The zero-order chi connectivity index (χ0) is 22.6. The average molecular weight is 501 g/mol. The van der Waals surface area contributed by atoms with Crippen molar-refractivity contribution in [1.29, 1.82) is 0 Å². The van der Waals surface area contributed by atoms with Gasteiger partial charge in [-0.05, 0) is 12.1 Å². The van der Waals surface area contributed by atoms with Crippen LogP contribution in [0.3, 0.4) is 0 Å². The Bertz CT molecular complexity index is 823. The Hall–Kier alpha value is -1.23. The molecular formula is C18H20Cl3NO7S. The van der Waals surface area contributed by atoms with E-state index in [1.54, 1.807) is 0 Å². The second-order valence-electron chi connectivity index (χ2n) is 6.39. The lowest BCUT2D eigenvalue weighted by molar-refractivity contribution is -0.201. The summed E-state index contributed by atoms with van der Waals surface area (Å²) in [4.78, 5) is 35.0. The van der Waals surface area contributed by atoms with Crippen LogP contribution in [-0.2, 0) is 33.3 Å². The van der Waals surface area contributed by atoms with Crippen LogP contribution in [0.2, 0.25) is 15.1 Å². The van der Waals surface area contributed by atoms with Crippen molar-refractivity contribution >= 4 is 64.5 Å². The molecule has 1 heterocycles. The van der Waals surface area contributed by atoms with Crippen LogP contribution in [0.1, 0.15) is 20.8 Å². The molecule has 1 aliphatic rings. The lowest BCUT2D eigenvalue weighted by atomic mass is 9.97. The summed E-state index contributed by atoms with van der Waals surface area (Å²) >= 11 is 19.4. The van der Waals surface area contributed by atoms with Crippen LogP contribution in [0.4, 0.5) is 0 Å². The molecule has 1 saturated heterocycles. The molecule has 0 aliphatic carbocycles. The summed E-state index contributed by atoms with van der Waals surface area (Å²) in [6.07, 6.45) is -2.93. The first-order valence-corrected chi connectivity index (χ1v) is 10.7. The number of esters is 3. The minimum Gasteiger partial charge on any atom is -0.463 e. The minimum atomic E-state index is -1.02. The van der Waals surface area contributed by atoms with E-state index < -0.39 is 47.7 Å². The van der Waals surface area contributed by atoms with E-state index in [0.29, 0.717) is 9.92 Å². The lowest BCUT2D eigenvalue weighted by Gasteiger charge is -2.43. The SMILES string of the molecule is CC(=O)OCC1OC(Sc2cc(Cl)c(Cl)cc2Cl)C(OC(C)=O)C(N)C1OC(C)=O. The summed E-state index contributed by atoms with van der Waals surface area (Å²) < 4.78 is 21.6. The van der Waals surface area contributed by atoms with Crippen molar-refractivity contribution in [3.63, 3.8) is 0 Å². The van der Waals surface area contributed by atoms with Crippen molar-refractivity contribution in [2.45, 2.75) is 55.5 Å². The first-order valence-electron chi connectivity index (χ1n) is 8.69. The monoisotopic (exact) mass is 499 g/mol. The fourth-order valence-corrected chi connectivity index (χ4v) is 4.69. The van der Waals surface area contributed by atoms with Gasteiger partial charge < -0.3 is 24.7 Å². The third kappa shape index (κ3) is 6.63. The van der Waals surface area contributed by atoms with Crippen LogP contribution in [0.25, 0.3) is 0 Å². The number of ether oxygens (including phenoxy) is 4. The maximum absolute atomic E-state index is 11.7. The second kappa shape index (κ2) is 10.9. The maximum Gasteiger partial charge on any atom is 0.303 e. The summed E-state index contributed by atoms with van der Waals surface area (Å²) in [5.41, 5.74) is 5.41. The minimum absolute atomic E-state index is 0.222. The number of halogens is 3. The molecule has 2 rings (SSSR count). The molecule has 0 aromatic heterocycles. The number of hydrogen-bond donors (Lipinski definition) is 1. The Balaban J connectivity index is 2.36. The Labute approximate surface area is 192 Å². The fraction of sp³-hybridized carbons (Fsp3) is 0.500. The largest absolute Gasteiger partial charge is 0.463 e. The van der Waals surface area contributed by atoms with Gasteiger partial charge in [0, 0.05) is 25.7 Å². The van der Waals surface area contributed by atoms with Gasteiger partial charge in [0.1, 0.15) is 24.3 Å². The van der Waals surface area contributed by atoms with Crippen LogP contribution in [-0.4, -0.2) is 54.3 Å². The maximum atomic E-state index is 11.7. The van der Waals surface area contributed by atoms with E-state index in [1.807, 2.05) is 0 Å². The number of hydrogen-bond acceptors (Lipinski definition) is 9. The Morgan fingerprint density at radius 1 is 0.967 bits per heavy atom. The molecule has 5 unspecified atom stereocenters. The predicted molar refractivity (Wildman–Crippen MR) is 112 cm³/mol. The predicted octanol–water partition coefficient (Wildman–Crippen LogP) is 3.22. The van der Waals surface area contributed by atoms with E-state index >= 15 is 0 Å². The summed E-state index contributed by atoms with van der Waals surface area (Å²) in [5.74, 6) is -1.77. The first-order chi connectivity index (χ1) is 14.0. The Morgan fingerprint density at radius 2 is 1.53 bits per heavy atom. The highest BCUT2D eigenvalue weighted by Gasteiger charge is 2.48. The highest BCUT2D eigenvalue weighted by molar-refractivity contribution is 8.00. The zero-order valence-electron chi connectivity index (χ0n) is 16.2. The van der Waals surface area contributed by atoms with E-state index in [2.05, 4.69) is 0 Å². The van der Waals surface area contributed by atoms with Crippen molar-refractivity contribution in [3.05, 3.63) is 27.2 Å². The molecule has 1 aromatic carbocycles. The van der Waals surface area contributed by atoms with Gasteiger partial charge in [0.2, 0.25) is 0 Å².